The van der Waals surface area contributed by atoms with Gasteiger partial charge in [-0.05, 0) is 65.0 Å². The summed E-state index contributed by atoms with van der Waals surface area (Å²) in [6, 6.07) is 43.5. The Morgan fingerprint density at radius 3 is 2.03 bits per heavy atom. The van der Waals surface area contributed by atoms with Crippen molar-refractivity contribution in [1.29, 1.82) is 0 Å². The van der Waals surface area contributed by atoms with E-state index in [1.54, 1.807) is 0 Å². The number of rotatable bonds is 3. The maximum atomic E-state index is 4.29. The number of nitrogens with zero attached hydrogens (tertiary/aromatic N) is 3. The molecule has 0 spiro atoms. The minimum absolute atomic E-state index is 1.12. The smallest absolute Gasteiger partial charge is 0.0619 e. The molecule has 0 fully saturated rings. The average molecular weight is 486 g/mol. The van der Waals surface area contributed by atoms with Crippen LogP contribution in [0.3, 0.4) is 0 Å². The molecule has 5 aromatic carbocycles. The summed E-state index contributed by atoms with van der Waals surface area (Å²) in [5.74, 6) is 0. The van der Waals surface area contributed by atoms with Gasteiger partial charge in [0.2, 0.25) is 0 Å². The van der Waals surface area contributed by atoms with Crippen molar-refractivity contribution in [3.63, 3.8) is 0 Å². The molecular formula is C35H23N3. The predicted molar refractivity (Wildman–Crippen MR) is 158 cm³/mol. The van der Waals surface area contributed by atoms with Gasteiger partial charge in [-0.3, -0.25) is 4.98 Å². The fourth-order valence-corrected chi connectivity index (χ4v) is 5.91. The van der Waals surface area contributed by atoms with Crippen molar-refractivity contribution < 1.29 is 0 Å². The predicted octanol–water partition coefficient (Wildman–Crippen LogP) is 8.94. The molecule has 0 N–H and O–H groups in total. The first kappa shape index (κ1) is 21.0. The molecule has 3 heterocycles. The lowest BCUT2D eigenvalue weighted by molar-refractivity contribution is 1.13. The molecule has 8 aromatic rings. The van der Waals surface area contributed by atoms with E-state index in [9.17, 15) is 0 Å². The minimum Gasteiger partial charge on any atom is -0.317 e. The largest absolute Gasteiger partial charge is 0.317 e. The lowest BCUT2D eigenvalue weighted by atomic mass is 10.0. The maximum Gasteiger partial charge on any atom is 0.0619 e. The molecule has 3 aromatic heterocycles. The molecule has 0 aliphatic carbocycles. The monoisotopic (exact) mass is 485 g/mol. The number of pyridine rings is 1. The van der Waals surface area contributed by atoms with Crippen molar-refractivity contribution in [2.45, 2.75) is 0 Å². The van der Waals surface area contributed by atoms with Crippen LogP contribution in [0.25, 0.3) is 66.0 Å². The lowest BCUT2D eigenvalue weighted by Gasteiger charge is -2.12. The SMILES string of the molecule is c1ccc(-n2ccc3c4ccc5c6ccccc6n(-c6ccc(-c7cccnc7)cc6)c5c4ccc32)cc1. The topological polar surface area (TPSA) is 22.8 Å². The number of para-hydroxylation sites is 2. The highest BCUT2D eigenvalue weighted by Crippen LogP contribution is 2.39. The number of hydrogen-bond acceptors (Lipinski definition) is 1. The molecule has 178 valence electrons. The van der Waals surface area contributed by atoms with Crippen LogP contribution in [0.2, 0.25) is 0 Å². The van der Waals surface area contributed by atoms with E-state index < -0.39 is 0 Å². The molecule has 0 bridgehead atoms. The molecule has 3 heteroatoms. The van der Waals surface area contributed by atoms with Crippen LogP contribution in [0.15, 0.2) is 140 Å². The molecule has 0 saturated carbocycles. The van der Waals surface area contributed by atoms with E-state index in [-0.39, 0.29) is 0 Å². The van der Waals surface area contributed by atoms with Gasteiger partial charge in [-0.25, -0.2) is 0 Å². The Hall–Kier alpha value is -5.15. The van der Waals surface area contributed by atoms with Gasteiger partial charge in [-0.2, -0.15) is 0 Å². The maximum absolute atomic E-state index is 4.29. The molecular weight excluding hydrogens is 462 g/mol. The second kappa shape index (κ2) is 8.19. The van der Waals surface area contributed by atoms with Crippen molar-refractivity contribution in [2.75, 3.05) is 0 Å². The summed E-state index contributed by atoms with van der Waals surface area (Å²) < 4.78 is 4.69. The molecule has 0 aliphatic rings. The number of fused-ring (bicyclic) bond motifs is 7. The molecule has 0 saturated heterocycles. The molecule has 3 nitrogen and oxygen atoms in total. The number of benzene rings is 5. The average Bonchev–Trinajstić information content (AvgIpc) is 3.58. The molecule has 38 heavy (non-hydrogen) atoms. The zero-order valence-electron chi connectivity index (χ0n) is 20.6. The van der Waals surface area contributed by atoms with Crippen molar-refractivity contribution in [3.05, 3.63) is 140 Å². The fraction of sp³-hybridized carbons (Fsp3) is 0. The fourth-order valence-electron chi connectivity index (χ4n) is 5.91. The summed E-state index contributed by atoms with van der Waals surface area (Å²) >= 11 is 0. The summed E-state index contributed by atoms with van der Waals surface area (Å²) in [4.78, 5) is 4.29. The molecule has 0 atom stereocenters. The van der Waals surface area contributed by atoms with Crippen LogP contribution in [0, 0.1) is 0 Å². The second-order valence-corrected chi connectivity index (χ2v) is 9.72. The third kappa shape index (κ3) is 3.06. The normalized spacial score (nSPS) is 11.7. The Kier molecular flexibility index (Phi) is 4.52. The van der Waals surface area contributed by atoms with Crippen molar-refractivity contribution in [1.82, 2.24) is 14.1 Å². The highest BCUT2D eigenvalue weighted by Gasteiger charge is 2.17. The van der Waals surface area contributed by atoms with Gasteiger partial charge in [-0.1, -0.05) is 72.8 Å². The Morgan fingerprint density at radius 1 is 0.447 bits per heavy atom. The lowest BCUT2D eigenvalue weighted by Crippen LogP contribution is -1.95. The Bertz CT molecular complexity index is 2100. The summed E-state index contributed by atoms with van der Waals surface area (Å²) in [5.41, 5.74) is 8.28. The number of aromatic nitrogens is 3. The summed E-state index contributed by atoms with van der Waals surface area (Å²) in [7, 11) is 0. The molecule has 0 radical (unpaired) electrons. The second-order valence-electron chi connectivity index (χ2n) is 9.72. The first-order valence-electron chi connectivity index (χ1n) is 12.9. The van der Waals surface area contributed by atoms with Crippen LogP contribution in [0.4, 0.5) is 0 Å². The Labute approximate surface area is 219 Å². The van der Waals surface area contributed by atoms with Crippen LogP contribution < -0.4 is 0 Å². The summed E-state index contributed by atoms with van der Waals surface area (Å²) in [6.07, 6.45) is 5.90. The van der Waals surface area contributed by atoms with Crippen LogP contribution in [-0.2, 0) is 0 Å². The van der Waals surface area contributed by atoms with Gasteiger partial charge < -0.3 is 9.13 Å². The first-order chi connectivity index (χ1) is 18.9. The quantitative estimate of drug-likeness (QED) is 0.245. The van der Waals surface area contributed by atoms with E-state index >= 15 is 0 Å². The van der Waals surface area contributed by atoms with E-state index in [1.165, 1.54) is 49.2 Å². The van der Waals surface area contributed by atoms with Gasteiger partial charge in [0.1, 0.15) is 0 Å². The van der Waals surface area contributed by atoms with Gasteiger partial charge in [0.05, 0.1) is 16.6 Å². The molecule has 0 amide bonds. The zero-order valence-corrected chi connectivity index (χ0v) is 20.6. The van der Waals surface area contributed by atoms with Crippen LogP contribution in [0.5, 0.6) is 0 Å². The van der Waals surface area contributed by atoms with Crippen LogP contribution in [-0.4, -0.2) is 14.1 Å². The van der Waals surface area contributed by atoms with E-state index in [2.05, 4.69) is 136 Å². The van der Waals surface area contributed by atoms with Crippen molar-refractivity contribution in [3.8, 4) is 22.5 Å². The van der Waals surface area contributed by atoms with Gasteiger partial charge in [-0.15, -0.1) is 0 Å². The van der Waals surface area contributed by atoms with Gasteiger partial charge in [0, 0.05) is 51.5 Å². The van der Waals surface area contributed by atoms with Crippen molar-refractivity contribution >= 4 is 43.5 Å². The molecule has 0 unspecified atom stereocenters. The van der Waals surface area contributed by atoms with Crippen LogP contribution >= 0.6 is 0 Å². The highest BCUT2D eigenvalue weighted by atomic mass is 15.0. The van der Waals surface area contributed by atoms with Gasteiger partial charge in [0.15, 0.2) is 0 Å². The third-order valence-corrected chi connectivity index (χ3v) is 7.65. The first-order valence-corrected chi connectivity index (χ1v) is 12.9. The van der Waals surface area contributed by atoms with Crippen LogP contribution in [0.1, 0.15) is 0 Å². The standard InChI is InChI=1S/C35H23N3/c1-2-8-26(9-3-1)37-22-20-30-28-16-17-32-29-10-4-5-11-34(29)38(35(32)31(28)18-19-33(30)37)27-14-12-24(13-15-27)25-7-6-21-36-23-25/h1-23H. The third-order valence-electron chi connectivity index (χ3n) is 7.65. The molecule has 0 aliphatic heterocycles. The molecule has 8 rings (SSSR count). The van der Waals surface area contributed by atoms with E-state index in [0.29, 0.717) is 0 Å². The Balaban J connectivity index is 1.40. The van der Waals surface area contributed by atoms with E-state index in [4.69, 9.17) is 0 Å². The minimum atomic E-state index is 1.12. The van der Waals surface area contributed by atoms with Gasteiger partial charge >= 0.3 is 0 Å². The van der Waals surface area contributed by atoms with E-state index in [0.717, 1.165) is 16.8 Å². The highest BCUT2D eigenvalue weighted by molar-refractivity contribution is 6.22. The van der Waals surface area contributed by atoms with Crippen molar-refractivity contribution in [2.24, 2.45) is 0 Å². The zero-order chi connectivity index (χ0) is 25.1. The van der Waals surface area contributed by atoms with E-state index in [1.807, 2.05) is 18.5 Å². The summed E-state index contributed by atoms with van der Waals surface area (Å²) in [5, 5.41) is 6.32. The van der Waals surface area contributed by atoms with Gasteiger partial charge in [0.25, 0.3) is 0 Å². The number of hydrogen-bond donors (Lipinski definition) is 0. The Morgan fingerprint density at radius 2 is 1.18 bits per heavy atom. The summed E-state index contributed by atoms with van der Waals surface area (Å²) in [6.45, 7) is 0.